The van der Waals surface area contributed by atoms with Crippen molar-refractivity contribution in [3.05, 3.63) is 35.1 Å². The van der Waals surface area contributed by atoms with Crippen LogP contribution in [0, 0.1) is 12.7 Å². The molecule has 1 aliphatic heterocycles. The van der Waals surface area contributed by atoms with Crippen LogP contribution < -0.4 is 5.32 Å². The van der Waals surface area contributed by atoms with Crippen molar-refractivity contribution in [3.63, 3.8) is 0 Å². The summed E-state index contributed by atoms with van der Waals surface area (Å²) in [5.41, 5.74) is 1.30. The van der Waals surface area contributed by atoms with E-state index in [-0.39, 0.29) is 17.5 Å². The van der Waals surface area contributed by atoms with Gasteiger partial charge in [0.2, 0.25) is 0 Å². The Bertz CT molecular complexity index is 458. The second kappa shape index (κ2) is 7.34. The molecule has 1 atom stereocenters. The minimum Gasteiger partial charge on any atom is -0.381 e. The van der Waals surface area contributed by atoms with Crippen LogP contribution >= 0.6 is 0 Å². The second-order valence-electron chi connectivity index (χ2n) is 5.78. The van der Waals surface area contributed by atoms with Gasteiger partial charge in [0, 0.05) is 33.2 Å². The number of rotatable bonds is 6. The molecule has 3 nitrogen and oxygen atoms in total. The number of methoxy groups -OCH3 is 1. The summed E-state index contributed by atoms with van der Waals surface area (Å²) >= 11 is 0. The summed E-state index contributed by atoms with van der Waals surface area (Å²) in [4.78, 5) is 0. The maximum Gasteiger partial charge on any atom is 0.126 e. The van der Waals surface area contributed by atoms with Crippen molar-refractivity contribution in [1.29, 1.82) is 0 Å². The van der Waals surface area contributed by atoms with E-state index in [0.717, 1.165) is 31.4 Å². The maximum atomic E-state index is 14.0. The summed E-state index contributed by atoms with van der Waals surface area (Å²) in [6, 6.07) is 5.47. The molecule has 1 fully saturated rings. The second-order valence-corrected chi connectivity index (χ2v) is 5.78. The van der Waals surface area contributed by atoms with E-state index in [1.165, 1.54) is 0 Å². The average molecular weight is 295 g/mol. The first-order valence-corrected chi connectivity index (χ1v) is 7.75. The molecule has 0 radical (unpaired) electrons. The van der Waals surface area contributed by atoms with E-state index in [2.05, 4.69) is 12.2 Å². The van der Waals surface area contributed by atoms with E-state index in [4.69, 9.17) is 9.47 Å². The molecule has 2 rings (SSSR count). The molecule has 1 N–H and O–H groups in total. The van der Waals surface area contributed by atoms with Crippen molar-refractivity contribution in [1.82, 2.24) is 5.32 Å². The zero-order chi connectivity index (χ0) is 15.3. The first-order valence-electron chi connectivity index (χ1n) is 7.75. The fourth-order valence-corrected chi connectivity index (χ4v) is 3.01. The van der Waals surface area contributed by atoms with Crippen molar-refractivity contribution in [2.45, 2.75) is 44.8 Å². The van der Waals surface area contributed by atoms with Gasteiger partial charge in [-0.15, -0.1) is 0 Å². The van der Waals surface area contributed by atoms with E-state index in [0.29, 0.717) is 18.8 Å². The largest absolute Gasteiger partial charge is 0.381 e. The molecule has 1 heterocycles. The Morgan fingerprint density at radius 3 is 2.67 bits per heavy atom. The monoisotopic (exact) mass is 295 g/mol. The van der Waals surface area contributed by atoms with Gasteiger partial charge in [-0.3, -0.25) is 0 Å². The van der Waals surface area contributed by atoms with E-state index in [9.17, 15) is 4.39 Å². The van der Waals surface area contributed by atoms with Gasteiger partial charge in [0.15, 0.2) is 0 Å². The summed E-state index contributed by atoms with van der Waals surface area (Å²) in [5, 5.41) is 3.55. The van der Waals surface area contributed by atoms with Gasteiger partial charge in [-0.05, 0) is 37.1 Å². The molecule has 0 amide bonds. The summed E-state index contributed by atoms with van der Waals surface area (Å²) in [7, 11) is 1.75. The zero-order valence-electron chi connectivity index (χ0n) is 13.2. The Balaban J connectivity index is 2.33. The molecule has 1 aliphatic rings. The van der Waals surface area contributed by atoms with Crippen LogP contribution in [0.2, 0.25) is 0 Å². The smallest absolute Gasteiger partial charge is 0.126 e. The van der Waals surface area contributed by atoms with Gasteiger partial charge in [0.05, 0.1) is 11.6 Å². The predicted molar refractivity (Wildman–Crippen MR) is 82.0 cm³/mol. The van der Waals surface area contributed by atoms with Crippen LogP contribution in [0.4, 0.5) is 4.39 Å². The van der Waals surface area contributed by atoms with Crippen molar-refractivity contribution in [2.75, 3.05) is 26.9 Å². The molecule has 118 valence electrons. The Morgan fingerprint density at radius 1 is 1.38 bits per heavy atom. The first-order chi connectivity index (χ1) is 10.1. The standard InChI is InChI=1S/C17H26FNO2/c1-4-9-19-16(14-6-5-13(2)15(18)12-14)17(20-3)7-10-21-11-8-17/h5-6,12,16,19H,4,7-11H2,1-3H3. The number of nitrogens with one attached hydrogen (secondary N) is 1. The van der Waals surface area contributed by atoms with Crippen LogP contribution in [0.5, 0.6) is 0 Å². The van der Waals surface area contributed by atoms with E-state index < -0.39 is 0 Å². The molecule has 21 heavy (non-hydrogen) atoms. The molecular weight excluding hydrogens is 269 g/mol. The number of aryl methyl sites for hydroxylation is 1. The molecular formula is C17H26FNO2. The lowest BCUT2D eigenvalue weighted by Gasteiger charge is -2.43. The van der Waals surface area contributed by atoms with Crippen molar-refractivity contribution in [2.24, 2.45) is 0 Å². The van der Waals surface area contributed by atoms with Gasteiger partial charge in [0.25, 0.3) is 0 Å². The number of benzene rings is 1. The highest BCUT2D eigenvalue weighted by molar-refractivity contribution is 5.28. The van der Waals surface area contributed by atoms with Crippen LogP contribution in [-0.2, 0) is 9.47 Å². The molecule has 0 saturated carbocycles. The van der Waals surface area contributed by atoms with Gasteiger partial charge in [-0.1, -0.05) is 19.1 Å². The van der Waals surface area contributed by atoms with Gasteiger partial charge in [-0.25, -0.2) is 4.39 Å². The van der Waals surface area contributed by atoms with E-state index in [1.54, 1.807) is 20.1 Å². The zero-order valence-corrected chi connectivity index (χ0v) is 13.2. The molecule has 0 aliphatic carbocycles. The van der Waals surface area contributed by atoms with Gasteiger partial charge in [0.1, 0.15) is 5.82 Å². The highest BCUT2D eigenvalue weighted by Gasteiger charge is 2.41. The minimum absolute atomic E-state index is 0.0125. The molecule has 1 aromatic rings. The highest BCUT2D eigenvalue weighted by Crippen LogP contribution is 2.37. The molecule has 0 spiro atoms. The molecule has 0 bridgehead atoms. The first kappa shape index (κ1) is 16.4. The Hall–Kier alpha value is -0.970. The quantitative estimate of drug-likeness (QED) is 0.873. The lowest BCUT2D eigenvalue weighted by molar-refractivity contribution is -0.111. The maximum absolute atomic E-state index is 14.0. The predicted octanol–water partition coefficient (Wildman–Crippen LogP) is 3.37. The number of hydrogen-bond acceptors (Lipinski definition) is 3. The molecule has 1 saturated heterocycles. The summed E-state index contributed by atoms with van der Waals surface area (Å²) in [6.45, 7) is 6.17. The van der Waals surface area contributed by atoms with E-state index in [1.807, 2.05) is 12.1 Å². The Labute approximate surface area is 126 Å². The molecule has 1 unspecified atom stereocenters. The summed E-state index contributed by atoms with van der Waals surface area (Å²) in [6.07, 6.45) is 2.67. The number of ether oxygens (including phenoxy) is 2. The normalized spacial score (nSPS) is 19.4. The van der Waals surface area contributed by atoms with Gasteiger partial charge < -0.3 is 14.8 Å². The fourth-order valence-electron chi connectivity index (χ4n) is 3.01. The molecule has 4 heteroatoms. The van der Waals surface area contributed by atoms with Crippen molar-refractivity contribution in [3.8, 4) is 0 Å². The average Bonchev–Trinajstić information content (AvgIpc) is 2.52. The van der Waals surface area contributed by atoms with Crippen LogP contribution in [-0.4, -0.2) is 32.5 Å². The van der Waals surface area contributed by atoms with Gasteiger partial charge in [-0.2, -0.15) is 0 Å². The molecule has 1 aromatic carbocycles. The van der Waals surface area contributed by atoms with Crippen LogP contribution in [0.3, 0.4) is 0 Å². The van der Waals surface area contributed by atoms with Crippen LogP contribution in [0.15, 0.2) is 18.2 Å². The third kappa shape index (κ3) is 3.62. The van der Waals surface area contributed by atoms with Crippen LogP contribution in [0.25, 0.3) is 0 Å². The summed E-state index contributed by atoms with van der Waals surface area (Å²) < 4.78 is 25.3. The van der Waals surface area contributed by atoms with Gasteiger partial charge >= 0.3 is 0 Å². The third-order valence-electron chi connectivity index (χ3n) is 4.40. The topological polar surface area (TPSA) is 30.5 Å². The minimum atomic E-state index is -0.324. The van der Waals surface area contributed by atoms with Crippen molar-refractivity contribution >= 4 is 0 Å². The Morgan fingerprint density at radius 2 is 2.10 bits per heavy atom. The van der Waals surface area contributed by atoms with Crippen LogP contribution in [0.1, 0.15) is 43.4 Å². The lowest BCUT2D eigenvalue weighted by atomic mass is 9.81. The highest BCUT2D eigenvalue weighted by atomic mass is 19.1. The fraction of sp³-hybridized carbons (Fsp3) is 0.647. The molecule has 0 aromatic heterocycles. The lowest BCUT2D eigenvalue weighted by Crippen LogP contribution is -2.49. The number of halogens is 1. The SMILES string of the molecule is CCCNC(c1ccc(C)c(F)c1)C1(OC)CCOCC1. The summed E-state index contributed by atoms with van der Waals surface area (Å²) in [5.74, 6) is -0.158. The van der Waals surface area contributed by atoms with Crippen molar-refractivity contribution < 1.29 is 13.9 Å². The number of hydrogen-bond donors (Lipinski definition) is 1. The van der Waals surface area contributed by atoms with E-state index >= 15 is 0 Å². The third-order valence-corrected chi connectivity index (χ3v) is 4.40. The Kier molecular flexibility index (Phi) is 5.73.